The van der Waals surface area contributed by atoms with Crippen LogP contribution in [0.1, 0.15) is 125 Å². The molecule has 0 aromatic heterocycles. The lowest BCUT2D eigenvalue weighted by Gasteiger charge is -2.17. The van der Waals surface area contributed by atoms with Crippen LogP contribution in [0.4, 0.5) is 8.78 Å². The number of ether oxygens (including phenoxy) is 4. The molecule has 0 amide bonds. The molecule has 0 heterocycles. The second-order valence-electron chi connectivity index (χ2n) is 16.8. The topological polar surface area (TPSA) is 220 Å². The van der Waals surface area contributed by atoms with Crippen LogP contribution in [0.3, 0.4) is 0 Å². The fraction of sp³-hybridized carbons (Fsp3) is 0.207. The number of carboxylic acid groups (broad SMARTS) is 4. The third kappa shape index (κ3) is 16.0. The van der Waals surface area contributed by atoms with Gasteiger partial charge in [0.1, 0.15) is 45.8 Å². The van der Waals surface area contributed by atoms with Gasteiger partial charge in [0.15, 0.2) is 11.6 Å². The Morgan fingerprint density at radius 2 is 0.716 bits per heavy atom. The molecule has 0 unspecified atom stereocenters. The van der Waals surface area contributed by atoms with E-state index in [4.69, 9.17) is 18.9 Å². The van der Waals surface area contributed by atoms with Gasteiger partial charge in [-0.25, -0.2) is 28.0 Å². The summed E-state index contributed by atoms with van der Waals surface area (Å²) < 4.78 is 49.7. The van der Waals surface area contributed by atoms with Crippen LogP contribution in [0.2, 0.25) is 0 Å². The molecule has 0 radical (unpaired) electrons. The second-order valence-corrected chi connectivity index (χ2v) is 16.8. The Morgan fingerprint density at radius 3 is 1.03 bits per heavy atom. The first-order chi connectivity index (χ1) is 35.7. The molecule has 74 heavy (non-hydrogen) atoms. The maximum atomic E-state index is 13.2. The van der Waals surface area contributed by atoms with E-state index in [-0.39, 0.29) is 47.4 Å². The highest BCUT2D eigenvalue weighted by atomic mass is 19.1. The lowest BCUT2D eigenvalue weighted by atomic mass is 9.94. The van der Waals surface area contributed by atoms with Gasteiger partial charge in [0, 0.05) is 11.1 Å². The monoisotopic (exact) mass is 1010 g/mol. The average Bonchev–Trinajstić information content (AvgIpc) is 3.39. The lowest BCUT2D eigenvalue weighted by Crippen LogP contribution is -2.13. The number of aromatic carboxylic acids is 4. The number of allylic oxidation sites excluding steroid dienone is 2. The number of hydrogen-bond donors (Lipinski definition) is 4. The highest BCUT2D eigenvalue weighted by molar-refractivity contribution is 6.08. The van der Waals surface area contributed by atoms with Crippen molar-refractivity contribution in [1.29, 1.82) is 0 Å². The lowest BCUT2D eigenvalue weighted by molar-refractivity contribution is 0.0647. The molecule has 0 fully saturated rings. The number of rotatable bonds is 29. The van der Waals surface area contributed by atoms with Crippen molar-refractivity contribution < 1.29 is 76.9 Å². The molecule has 0 aliphatic rings. The Hall–Kier alpha value is -8.92. The van der Waals surface area contributed by atoms with Gasteiger partial charge in [0.05, 0.1) is 37.6 Å². The molecule has 16 heteroatoms. The minimum Gasteiger partial charge on any atom is -0.494 e. The number of carbonyl (C=O) groups excluding carboxylic acids is 2. The van der Waals surface area contributed by atoms with Crippen LogP contribution in [0, 0.1) is 11.6 Å². The molecule has 6 rings (SSSR count). The molecule has 0 aliphatic heterocycles. The van der Waals surface area contributed by atoms with Crippen molar-refractivity contribution in [2.45, 2.75) is 51.4 Å². The predicted octanol–water partition coefficient (Wildman–Crippen LogP) is 12.3. The minimum atomic E-state index is -1.58. The first-order valence-electron chi connectivity index (χ1n) is 23.6. The molecule has 4 N–H and O–H groups in total. The molecule has 0 atom stereocenters. The van der Waals surface area contributed by atoms with Crippen LogP contribution in [0.5, 0.6) is 23.0 Å². The summed E-state index contributed by atoms with van der Waals surface area (Å²) in [4.78, 5) is 74.3. The van der Waals surface area contributed by atoms with E-state index < -0.39 is 57.8 Å². The summed E-state index contributed by atoms with van der Waals surface area (Å²) in [6, 6.07) is 29.5. The summed E-state index contributed by atoms with van der Waals surface area (Å²) in [6.07, 6.45) is 11.1. The zero-order valence-electron chi connectivity index (χ0n) is 40.0. The number of unbranched alkanes of at least 4 members (excludes halogenated alkanes) is 6. The Kier molecular flexibility index (Phi) is 19.9. The standard InChI is InChI=1S/C58H52F2O14/c59-43-19-15-39(16-20-43)49(61)27-13-37-9-23-45(24-10-37)71-29-5-1-3-7-31-73-51-35-41(33-47(55(63)64)53(51)57(67)68)42-34-48(56(65)66)54(58(69)70)52(36-42)74-32-8-4-2-6-30-72-46-25-11-38(12-26-46)14-28-50(62)40-17-21-44(60)22-18-40/h9-28,33-36H,1-8,29-32H2,(H,63,64)(H,65,66)(H,67,68)(H,69,70). The van der Waals surface area contributed by atoms with Crippen molar-refractivity contribution in [3.05, 3.63) is 190 Å². The van der Waals surface area contributed by atoms with E-state index in [1.54, 1.807) is 60.7 Å². The summed E-state index contributed by atoms with van der Waals surface area (Å²) in [7, 11) is 0. The molecule has 0 bridgehead atoms. The Morgan fingerprint density at radius 1 is 0.392 bits per heavy atom. The van der Waals surface area contributed by atoms with Crippen molar-refractivity contribution in [3.63, 3.8) is 0 Å². The maximum Gasteiger partial charge on any atom is 0.340 e. The van der Waals surface area contributed by atoms with Crippen molar-refractivity contribution >= 4 is 47.6 Å². The molecule has 382 valence electrons. The Bertz CT molecular complexity index is 2790. The van der Waals surface area contributed by atoms with Crippen LogP contribution in [0.25, 0.3) is 23.3 Å². The summed E-state index contributed by atoms with van der Waals surface area (Å²) in [5.41, 5.74) is -0.0952. The van der Waals surface area contributed by atoms with Gasteiger partial charge >= 0.3 is 23.9 Å². The number of hydrogen-bond acceptors (Lipinski definition) is 10. The smallest absolute Gasteiger partial charge is 0.340 e. The first kappa shape index (κ1) is 54.4. The van der Waals surface area contributed by atoms with E-state index in [1.165, 1.54) is 72.8 Å². The number of carbonyl (C=O) groups is 6. The Labute approximate surface area is 424 Å². The third-order valence-electron chi connectivity index (χ3n) is 11.4. The second kappa shape index (κ2) is 27.1. The summed E-state index contributed by atoms with van der Waals surface area (Å²) >= 11 is 0. The zero-order chi connectivity index (χ0) is 53.0. The summed E-state index contributed by atoms with van der Waals surface area (Å²) in [6.45, 7) is 0.828. The molecule has 6 aromatic carbocycles. The van der Waals surface area contributed by atoms with Gasteiger partial charge in [0.2, 0.25) is 0 Å². The van der Waals surface area contributed by atoms with Crippen LogP contribution >= 0.6 is 0 Å². The molecule has 0 saturated carbocycles. The maximum absolute atomic E-state index is 13.2. The quantitative estimate of drug-likeness (QED) is 0.0195. The van der Waals surface area contributed by atoms with Gasteiger partial charge in [0.25, 0.3) is 0 Å². The van der Waals surface area contributed by atoms with E-state index in [9.17, 15) is 58.0 Å². The Balaban J connectivity index is 0.984. The van der Waals surface area contributed by atoms with Crippen LogP contribution in [-0.2, 0) is 0 Å². The van der Waals surface area contributed by atoms with Crippen molar-refractivity contribution in [2.75, 3.05) is 26.4 Å². The predicted molar refractivity (Wildman–Crippen MR) is 271 cm³/mol. The minimum absolute atomic E-state index is 0.0120. The van der Waals surface area contributed by atoms with Crippen LogP contribution < -0.4 is 18.9 Å². The van der Waals surface area contributed by atoms with Gasteiger partial charge < -0.3 is 39.4 Å². The highest BCUT2D eigenvalue weighted by Gasteiger charge is 2.27. The fourth-order valence-electron chi connectivity index (χ4n) is 7.55. The molecule has 0 aliphatic carbocycles. The van der Waals surface area contributed by atoms with Gasteiger partial charge in [-0.3, -0.25) is 9.59 Å². The number of halogens is 2. The first-order valence-corrected chi connectivity index (χ1v) is 23.6. The van der Waals surface area contributed by atoms with Gasteiger partial charge in [-0.2, -0.15) is 0 Å². The molecular formula is C58H52F2O14. The SMILES string of the molecule is O=C(C=Cc1ccc(OCCCCCCOc2cc(-c3cc(OCCCCCCOc4ccc(C=CC(=O)c5ccc(F)cc5)cc4)c(C(=O)O)c(C(=O)O)c3)cc(C(=O)O)c2C(=O)O)cc1)c1ccc(F)cc1. The zero-order valence-corrected chi connectivity index (χ0v) is 40.0. The molecular weight excluding hydrogens is 959 g/mol. The van der Waals surface area contributed by atoms with Crippen molar-refractivity contribution in [3.8, 4) is 34.1 Å². The third-order valence-corrected chi connectivity index (χ3v) is 11.4. The number of carboxylic acids is 4. The molecule has 0 saturated heterocycles. The van der Waals surface area contributed by atoms with E-state index in [0.717, 1.165) is 36.1 Å². The van der Waals surface area contributed by atoms with Gasteiger partial charge in [-0.1, -0.05) is 36.4 Å². The van der Waals surface area contributed by atoms with E-state index >= 15 is 0 Å². The van der Waals surface area contributed by atoms with Gasteiger partial charge in [-0.05, 0) is 183 Å². The normalized spacial score (nSPS) is 11.1. The average molecular weight is 1010 g/mol. The molecule has 0 spiro atoms. The van der Waals surface area contributed by atoms with E-state index in [2.05, 4.69) is 0 Å². The van der Waals surface area contributed by atoms with E-state index in [0.29, 0.717) is 74.4 Å². The summed E-state index contributed by atoms with van der Waals surface area (Å²) in [5.74, 6) is -6.96. The van der Waals surface area contributed by atoms with Crippen molar-refractivity contribution in [1.82, 2.24) is 0 Å². The largest absolute Gasteiger partial charge is 0.494 e. The number of ketones is 2. The van der Waals surface area contributed by atoms with Gasteiger partial charge in [-0.15, -0.1) is 0 Å². The van der Waals surface area contributed by atoms with Crippen LogP contribution in [-0.4, -0.2) is 82.3 Å². The van der Waals surface area contributed by atoms with E-state index in [1.807, 2.05) is 0 Å². The molecule has 14 nitrogen and oxygen atoms in total. The van der Waals surface area contributed by atoms with Crippen molar-refractivity contribution in [2.24, 2.45) is 0 Å². The fourth-order valence-corrected chi connectivity index (χ4v) is 7.55. The highest BCUT2D eigenvalue weighted by Crippen LogP contribution is 2.36. The number of benzene rings is 6. The summed E-state index contributed by atoms with van der Waals surface area (Å²) in [5, 5.41) is 40.3. The van der Waals surface area contributed by atoms with Crippen LogP contribution in [0.15, 0.2) is 133 Å². The molecule has 6 aromatic rings.